The quantitative estimate of drug-likeness (QED) is 0.656. The Morgan fingerprint density at radius 2 is 2.04 bits per heavy atom. The third-order valence-corrected chi connectivity index (χ3v) is 6.35. The summed E-state index contributed by atoms with van der Waals surface area (Å²) in [4.78, 5) is 14.3. The molecule has 2 aromatic heterocycles. The highest BCUT2D eigenvalue weighted by molar-refractivity contribution is 7.18. The van der Waals surface area contributed by atoms with Crippen LogP contribution in [0.25, 0.3) is 10.2 Å². The first kappa shape index (κ1) is 19.4. The molecule has 0 saturated carbocycles. The average molecular weight is 419 g/mol. The van der Waals surface area contributed by atoms with Gasteiger partial charge in [-0.1, -0.05) is 11.6 Å². The van der Waals surface area contributed by atoms with Crippen molar-refractivity contribution in [2.75, 3.05) is 38.7 Å². The smallest absolute Gasteiger partial charge is 0.146 e. The summed E-state index contributed by atoms with van der Waals surface area (Å²) in [5.41, 5.74) is 2.08. The van der Waals surface area contributed by atoms with Crippen molar-refractivity contribution >= 4 is 44.7 Å². The van der Waals surface area contributed by atoms with Crippen molar-refractivity contribution in [2.45, 2.75) is 20.4 Å². The molecule has 0 bridgehead atoms. The fourth-order valence-electron chi connectivity index (χ4n) is 3.30. The van der Waals surface area contributed by atoms with Crippen LogP contribution in [-0.4, -0.2) is 48.3 Å². The fraction of sp³-hybridized carbons (Fsp3) is 0.400. The predicted molar refractivity (Wildman–Crippen MR) is 114 cm³/mol. The van der Waals surface area contributed by atoms with Crippen molar-refractivity contribution in [2.24, 2.45) is 0 Å². The van der Waals surface area contributed by atoms with Crippen LogP contribution >= 0.6 is 22.9 Å². The minimum Gasteiger partial charge on any atom is -0.495 e. The van der Waals surface area contributed by atoms with Gasteiger partial charge in [-0.15, -0.1) is 11.3 Å². The number of aromatic nitrogens is 2. The number of nitrogens with one attached hydrogen (secondary N) is 1. The molecule has 0 unspecified atom stereocenters. The zero-order valence-corrected chi connectivity index (χ0v) is 17.8. The highest BCUT2D eigenvalue weighted by Gasteiger charge is 2.18. The second-order valence-electron chi connectivity index (χ2n) is 6.81. The number of benzene rings is 1. The first-order chi connectivity index (χ1) is 13.5. The van der Waals surface area contributed by atoms with Crippen LogP contribution in [0.2, 0.25) is 5.02 Å². The maximum atomic E-state index is 6.30. The Balaban J connectivity index is 1.71. The molecule has 0 radical (unpaired) electrons. The molecule has 0 amide bonds. The lowest BCUT2D eigenvalue weighted by Gasteiger charge is -2.25. The molecule has 1 N–H and O–H groups in total. The van der Waals surface area contributed by atoms with E-state index in [0.717, 1.165) is 53.8 Å². The van der Waals surface area contributed by atoms with Crippen LogP contribution in [0.15, 0.2) is 18.2 Å². The number of thiophene rings is 1. The topological polar surface area (TPSA) is 59.5 Å². The van der Waals surface area contributed by atoms with E-state index in [1.807, 2.05) is 18.2 Å². The highest BCUT2D eigenvalue weighted by atomic mass is 35.5. The summed E-state index contributed by atoms with van der Waals surface area (Å²) in [6.07, 6.45) is 0. The highest BCUT2D eigenvalue weighted by Crippen LogP contribution is 2.36. The fourth-order valence-corrected chi connectivity index (χ4v) is 4.60. The number of anilines is 2. The van der Waals surface area contributed by atoms with Gasteiger partial charge in [0.05, 0.1) is 37.3 Å². The van der Waals surface area contributed by atoms with E-state index in [-0.39, 0.29) is 0 Å². The van der Waals surface area contributed by atoms with E-state index >= 15 is 0 Å². The molecule has 1 aliphatic rings. The summed E-state index contributed by atoms with van der Waals surface area (Å²) in [7, 11) is 1.61. The van der Waals surface area contributed by atoms with Gasteiger partial charge in [0.15, 0.2) is 0 Å². The van der Waals surface area contributed by atoms with Gasteiger partial charge in [0.25, 0.3) is 0 Å². The van der Waals surface area contributed by atoms with Crippen LogP contribution in [0, 0.1) is 13.8 Å². The number of fused-ring (bicyclic) bond motifs is 1. The van der Waals surface area contributed by atoms with Gasteiger partial charge in [-0.25, -0.2) is 9.97 Å². The number of halogens is 1. The Hall–Kier alpha value is -1.93. The lowest BCUT2D eigenvalue weighted by molar-refractivity contribution is 0.0331. The van der Waals surface area contributed by atoms with Crippen LogP contribution in [0.1, 0.15) is 16.3 Å². The number of methoxy groups -OCH3 is 1. The third kappa shape index (κ3) is 3.93. The monoisotopic (exact) mass is 418 g/mol. The molecule has 0 aliphatic carbocycles. The first-order valence-electron chi connectivity index (χ1n) is 9.22. The zero-order chi connectivity index (χ0) is 19.7. The summed E-state index contributed by atoms with van der Waals surface area (Å²) in [6, 6.07) is 5.64. The largest absolute Gasteiger partial charge is 0.495 e. The van der Waals surface area contributed by atoms with Gasteiger partial charge in [0.2, 0.25) is 0 Å². The van der Waals surface area contributed by atoms with Crippen LogP contribution in [0.3, 0.4) is 0 Å². The summed E-state index contributed by atoms with van der Waals surface area (Å²) in [5.74, 6) is 2.28. The molecule has 28 heavy (non-hydrogen) atoms. The Bertz CT molecular complexity index is 1000. The van der Waals surface area contributed by atoms with E-state index in [4.69, 9.17) is 31.0 Å². The zero-order valence-electron chi connectivity index (χ0n) is 16.2. The molecule has 0 spiro atoms. The van der Waals surface area contributed by atoms with Crippen LogP contribution in [-0.2, 0) is 11.3 Å². The molecule has 3 heterocycles. The van der Waals surface area contributed by atoms with Gasteiger partial charge in [-0.3, -0.25) is 4.90 Å². The second kappa shape index (κ2) is 8.21. The van der Waals surface area contributed by atoms with Gasteiger partial charge in [0.1, 0.15) is 22.2 Å². The van der Waals surface area contributed by atoms with Gasteiger partial charge in [-0.2, -0.15) is 0 Å². The van der Waals surface area contributed by atoms with E-state index in [1.54, 1.807) is 18.4 Å². The number of morpholine rings is 1. The summed E-state index contributed by atoms with van der Waals surface area (Å²) >= 11 is 8.00. The Morgan fingerprint density at radius 3 is 2.75 bits per heavy atom. The average Bonchev–Trinajstić information content (AvgIpc) is 2.97. The number of hydrogen-bond donors (Lipinski definition) is 1. The van der Waals surface area contributed by atoms with E-state index in [9.17, 15) is 0 Å². The third-order valence-electron chi connectivity index (χ3n) is 4.96. The standard InChI is InChI=1S/C20H23ClN4O2S/c1-12-13(2)28-20-18(12)19(22-14-4-5-16(26-3)15(21)10-14)23-17(24-20)11-25-6-8-27-9-7-25/h4-5,10H,6-9,11H2,1-3H3,(H,22,23,24). The second-order valence-corrected chi connectivity index (χ2v) is 8.43. The Kier molecular flexibility index (Phi) is 5.68. The first-order valence-corrected chi connectivity index (χ1v) is 10.4. The summed E-state index contributed by atoms with van der Waals surface area (Å²) in [6.45, 7) is 8.28. The SMILES string of the molecule is COc1ccc(Nc2nc(CN3CCOCC3)nc3sc(C)c(C)c23)cc1Cl. The van der Waals surface area contributed by atoms with Crippen molar-refractivity contribution in [1.29, 1.82) is 0 Å². The maximum Gasteiger partial charge on any atom is 0.146 e. The van der Waals surface area contributed by atoms with E-state index in [1.165, 1.54) is 10.4 Å². The lowest BCUT2D eigenvalue weighted by Crippen LogP contribution is -2.36. The summed E-state index contributed by atoms with van der Waals surface area (Å²) < 4.78 is 10.7. The van der Waals surface area contributed by atoms with Gasteiger partial charge >= 0.3 is 0 Å². The molecule has 4 rings (SSSR count). The van der Waals surface area contributed by atoms with E-state index < -0.39 is 0 Å². The van der Waals surface area contributed by atoms with E-state index in [0.29, 0.717) is 17.3 Å². The Labute approximate surface area is 173 Å². The van der Waals surface area contributed by atoms with Crippen molar-refractivity contribution in [3.63, 3.8) is 0 Å². The number of hydrogen-bond acceptors (Lipinski definition) is 7. The van der Waals surface area contributed by atoms with Gasteiger partial charge < -0.3 is 14.8 Å². The molecule has 3 aromatic rings. The maximum absolute atomic E-state index is 6.30. The number of nitrogens with zero attached hydrogens (tertiary/aromatic N) is 3. The lowest BCUT2D eigenvalue weighted by atomic mass is 10.2. The van der Waals surface area contributed by atoms with Crippen LogP contribution in [0.4, 0.5) is 11.5 Å². The van der Waals surface area contributed by atoms with Gasteiger partial charge in [0, 0.05) is 23.7 Å². The molecule has 148 valence electrons. The molecular formula is C20H23ClN4O2S. The van der Waals surface area contributed by atoms with Crippen LogP contribution in [0.5, 0.6) is 5.75 Å². The molecule has 1 aromatic carbocycles. The predicted octanol–water partition coefficient (Wildman–Crippen LogP) is 4.55. The van der Waals surface area contributed by atoms with Crippen LogP contribution < -0.4 is 10.1 Å². The minimum absolute atomic E-state index is 0.560. The number of rotatable bonds is 5. The molecule has 0 atom stereocenters. The molecule has 1 fully saturated rings. The molecule has 6 nitrogen and oxygen atoms in total. The molecule has 8 heteroatoms. The number of aryl methyl sites for hydroxylation is 2. The molecule has 1 aliphatic heterocycles. The number of ether oxygens (including phenoxy) is 2. The molecule has 1 saturated heterocycles. The normalized spacial score (nSPS) is 15.1. The Morgan fingerprint density at radius 1 is 1.25 bits per heavy atom. The van der Waals surface area contributed by atoms with Crippen molar-refractivity contribution in [3.8, 4) is 5.75 Å². The molecular weight excluding hydrogens is 396 g/mol. The minimum atomic E-state index is 0.560. The van der Waals surface area contributed by atoms with Crippen molar-refractivity contribution < 1.29 is 9.47 Å². The van der Waals surface area contributed by atoms with Gasteiger partial charge in [-0.05, 0) is 37.6 Å². The van der Waals surface area contributed by atoms with Crippen molar-refractivity contribution in [3.05, 3.63) is 39.5 Å². The van der Waals surface area contributed by atoms with E-state index in [2.05, 4.69) is 24.1 Å². The summed E-state index contributed by atoms with van der Waals surface area (Å²) in [5, 5.41) is 5.07. The van der Waals surface area contributed by atoms with Crippen molar-refractivity contribution in [1.82, 2.24) is 14.9 Å².